The summed E-state index contributed by atoms with van der Waals surface area (Å²) < 4.78 is 5.51. The average Bonchev–Trinajstić information content (AvgIpc) is 2.45. The van der Waals surface area contributed by atoms with E-state index < -0.39 is 17.7 Å². The van der Waals surface area contributed by atoms with Crippen LogP contribution in [-0.2, 0) is 9.53 Å². The first-order chi connectivity index (χ1) is 11.4. The summed E-state index contributed by atoms with van der Waals surface area (Å²) in [4.78, 5) is 27.2. The molecule has 1 rings (SSSR count). The summed E-state index contributed by atoms with van der Waals surface area (Å²) in [5, 5.41) is 12.3. The Kier molecular flexibility index (Phi) is 7.62. The number of hydrogen-bond donors (Lipinski definition) is 2. The van der Waals surface area contributed by atoms with Gasteiger partial charge in [0.25, 0.3) is 0 Å². The van der Waals surface area contributed by atoms with Crippen LogP contribution in [0.4, 0.5) is 4.79 Å². The lowest BCUT2D eigenvalue weighted by atomic mass is 9.76. The third-order valence-corrected chi connectivity index (χ3v) is 5.72. The van der Waals surface area contributed by atoms with Gasteiger partial charge in [-0.05, 0) is 52.2 Å². The fourth-order valence-electron chi connectivity index (χ4n) is 3.24. The van der Waals surface area contributed by atoms with E-state index in [1.54, 1.807) is 4.90 Å². The van der Waals surface area contributed by atoms with E-state index in [1.165, 1.54) is 11.8 Å². The van der Waals surface area contributed by atoms with Crippen molar-refractivity contribution in [2.45, 2.75) is 77.3 Å². The summed E-state index contributed by atoms with van der Waals surface area (Å²) in [5.74, 6) is -0.185. The molecule has 0 spiro atoms. The van der Waals surface area contributed by atoms with Crippen LogP contribution >= 0.6 is 11.8 Å². The number of ether oxygens (including phenoxy) is 1. The first-order valence-corrected chi connectivity index (χ1v) is 10.2. The maximum atomic E-state index is 13.0. The molecule has 1 heterocycles. The average molecular weight is 375 g/mol. The summed E-state index contributed by atoms with van der Waals surface area (Å²) in [5.41, 5.74) is -0.944. The molecule has 0 saturated carbocycles. The number of nitrogens with zero attached hydrogens (tertiary/aromatic N) is 1. The molecule has 1 fully saturated rings. The van der Waals surface area contributed by atoms with Crippen LogP contribution < -0.4 is 5.32 Å². The van der Waals surface area contributed by atoms with E-state index in [-0.39, 0.29) is 29.2 Å². The number of nitrogens with one attached hydrogen (secondary N) is 1. The Morgan fingerprint density at radius 3 is 2.48 bits per heavy atom. The summed E-state index contributed by atoms with van der Waals surface area (Å²) in [7, 11) is 0. The van der Waals surface area contributed by atoms with Crippen molar-refractivity contribution in [3.63, 3.8) is 0 Å². The second kappa shape index (κ2) is 8.62. The van der Waals surface area contributed by atoms with Gasteiger partial charge in [-0.2, -0.15) is 11.8 Å². The number of amides is 2. The van der Waals surface area contributed by atoms with Gasteiger partial charge in [0.05, 0.1) is 6.61 Å². The van der Waals surface area contributed by atoms with Gasteiger partial charge in [0, 0.05) is 17.8 Å². The quantitative estimate of drug-likeness (QED) is 0.773. The molecular formula is C18H34N2O4S. The number of thioether (sulfide) groups is 1. The van der Waals surface area contributed by atoms with E-state index in [2.05, 4.69) is 5.32 Å². The highest BCUT2D eigenvalue weighted by Crippen LogP contribution is 2.36. The second-order valence-electron chi connectivity index (χ2n) is 8.42. The predicted octanol–water partition coefficient (Wildman–Crippen LogP) is 2.64. The molecule has 146 valence electrons. The van der Waals surface area contributed by atoms with Crippen LogP contribution in [0.1, 0.15) is 54.4 Å². The van der Waals surface area contributed by atoms with E-state index in [4.69, 9.17) is 4.74 Å². The molecular weight excluding hydrogens is 340 g/mol. The number of aliphatic hydroxyl groups excluding tert-OH is 1. The minimum Gasteiger partial charge on any atom is -0.444 e. The van der Waals surface area contributed by atoms with Gasteiger partial charge in [-0.25, -0.2) is 4.79 Å². The van der Waals surface area contributed by atoms with Crippen LogP contribution in [0.2, 0.25) is 0 Å². The number of rotatable bonds is 5. The Morgan fingerprint density at radius 1 is 1.40 bits per heavy atom. The van der Waals surface area contributed by atoms with Crippen molar-refractivity contribution < 1.29 is 19.4 Å². The lowest BCUT2D eigenvalue weighted by Gasteiger charge is -2.45. The van der Waals surface area contributed by atoms with Gasteiger partial charge >= 0.3 is 6.09 Å². The zero-order valence-corrected chi connectivity index (χ0v) is 17.4. The molecule has 1 aliphatic heterocycles. The number of likely N-dealkylation sites (tertiary alicyclic amines) is 1. The Balaban J connectivity index is 2.98. The van der Waals surface area contributed by atoms with Crippen LogP contribution in [0.15, 0.2) is 0 Å². The fourth-order valence-corrected chi connectivity index (χ4v) is 3.86. The topological polar surface area (TPSA) is 78.9 Å². The highest BCUT2D eigenvalue weighted by atomic mass is 32.2. The third kappa shape index (κ3) is 6.06. The number of aliphatic hydroxyl groups is 1. The van der Waals surface area contributed by atoms with Crippen molar-refractivity contribution in [3.8, 4) is 0 Å². The minimum atomic E-state index is -0.603. The van der Waals surface area contributed by atoms with Gasteiger partial charge in [0.15, 0.2) is 0 Å². The summed E-state index contributed by atoms with van der Waals surface area (Å²) in [6.45, 7) is 11.9. The number of carbonyl (C=O) groups excluding carboxylic acids is 2. The van der Waals surface area contributed by atoms with Crippen molar-refractivity contribution in [2.75, 3.05) is 19.4 Å². The SMILES string of the molecule is CS[C@H](CO)[C@@H](C)NC(=O)[C@H]1N(C(=O)OC(C)(C)C)CCCC1(C)C. The van der Waals surface area contributed by atoms with E-state index in [9.17, 15) is 14.7 Å². The molecule has 0 radical (unpaired) electrons. The summed E-state index contributed by atoms with van der Waals surface area (Å²) in [6, 6.07) is -0.773. The monoisotopic (exact) mass is 374 g/mol. The van der Waals surface area contributed by atoms with Gasteiger partial charge < -0.3 is 15.2 Å². The highest BCUT2D eigenvalue weighted by Gasteiger charge is 2.46. The molecule has 1 saturated heterocycles. The summed E-state index contributed by atoms with van der Waals surface area (Å²) >= 11 is 1.51. The molecule has 7 heteroatoms. The molecule has 0 aromatic heterocycles. The number of hydrogen-bond acceptors (Lipinski definition) is 5. The molecule has 2 N–H and O–H groups in total. The van der Waals surface area contributed by atoms with Crippen molar-refractivity contribution >= 4 is 23.8 Å². The van der Waals surface area contributed by atoms with E-state index >= 15 is 0 Å². The van der Waals surface area contributed by atoms with Crippen LogP contribution in [0.25, 0.3) is 0 Å². The molecule has 25 heavy (non-hydrogen) atoms. The van der Waals surface area contributed by atoms with Crippen LogP contribution in [-0.4, -0.2) is 64.3 Å². The lowest BCUT2D eigenvalue weighted by molar-refractivity contribution is -0.133. The smallest absolute Gasteiger partial charge is 0.410 e. The standard InChI is InChI=1S/C18H34N2O4S/c1-12(13(11-21)25-7)19-15(22)14-18(5,6)9-8-10-20(14)16(23)24-17(2,3)4/h12-14,21H,8-11H2,1-7H3,(H,19,22)/t12-,13-,14-/m1/s1. The van der Waals surface area contributed by atoms with Crippen molar-refractivity contribution in [2.24, 2.45) is 5.41 Å². The van der Waals surface area contributed by atoms with Crippen LogP contribution in [0.3, 0.4) is 0 Å². The van der Waals surface area contributed by atoms with Gasteiger partial charge in [-0.15, -0.1) is 0 Å². The molecule has 3 atom stereocenters. The molecule has 0 aliphatic carbocycles. The highest BCUT2D eigenvalue weighted by molar-refractivity contribution is 7.99. The normalized spacial score (nSPS) is 22.9. The van der Waals surface area contributed by atoms with Gasteiger partial charge in [0.1, 0.15) is 11.6 Å². The number of carbonyl (C=O) groups is 2. The third-order valence-electron chi connectivity index (χ3n) is 4.56. The molecule has 1 aliphatic rings. The Labute approximate surface area is 156 Å². The van der Waals surface area contributed by atoms with Crippen molar-refractivity contribution in [1.29, 1.82) is 0 Å². The molecule has 0 aromatic carbocycles. The Morgan fingerprint density at radius 2 is 2.00 bits per heavy atom. The second-order valence-corrected chi connectivity index (χ2v) is 9.50. The molecule has 2 amide bonds. The Bertz CT molecular complexity index is 472. The molecule has 6 nitrogen and oxygen atoms in total. The molecule has 0 bridgehead atoms. The molecule has 0 unspecified atom stereocenters. The van der Waals surface area contributed by atoms with Crippen molar-refractivity contribution in [1.82, 2.24) is 10.2 Å². The van der Waals surface area contributed by atoms with Gasteiger partial charge in [-0.3, -0.25) is 9.69 Å². The maximum absolute atomic E-state index is 13.0. The van der Waals surface area contributed by atoms with Gasteiger partial charge in [0.2, 0.25) is 5.91 Å². The largest absolute Gasteiger partial charge is 0.444 e. The zero-order valence-electron chi connectivity index (χ0n) is 16.6. The molecule has 0 aromatic rings. The van der Waals surface area contributed by atoms with E-state index in [0.717, 1.165) is 12.8 Å². The Hall–Kier alpha value is -0.950. The van der Waals surface area contributed by atoms with Crippen molar-refractivity contribution in [3.05, 3.63) is 0 Å². The first kappa shape index (κ1) is 22.1. The van der Waals surface area contributed by atoms with Crippen LogP contribution in [0, 0.1) is 5.41 Å². The predicted molar refractivity (Wildman–Crippen MR) is 102 cm³/mol. The first-order valence-electron chi connectivity index (χ1n) is 8.86. The van der Waals surface area contributed by atoms with Crippen LogP contribution in [0.5, 0.6) is 0 Å². The zero-order chi connectivity index (χ0) is 19.4. The minimum absolute atomic E-state index is 0.00749. The lowest BCUT2D eigenvalue weighted by Crippen LogP contribution is -2.61. The number of piperidine rings is 1. The van der Waals surface area contributed by atoms with E-state index in [1.807, 2.05) is 47.8 Å². The maximum Gasteiger partial charge on any atom is 0.410 e. The summed E-state index contributed by atoms with van der Waals surface area (Å²) in [6.07, 6.45) is 3.17. The fraction of sp³-hybridized carbons (Fsp3) is 0.889. The van der Waals surface area contributed by atoms with E-state index in [0.29, 0.717) is 6.54 Å². The van der Waals surface area contributed by atoms with Gasteiger partial charge in [-0.1, -0.05) is 13.8 Å².